The van der Waals surface area contributed by atoms with Crippen LogP contribution >= 0.6 is 11.8 Å². The molecule has 1 N–H and O–H groups in total. The zero-order valence-electron chi connectivity index (χ0n) is 17.8. The van der Waals surface area contributed by atoms with Gasteiger partial charge in [0.25, 0.3) is 5.69 Å². The van der Waals surface area contributed by atoms with Crippen LogP contribution in [0.25, 0.3) is 0 Å². The molecule has 0 aliphatic rings. The third-order valence-corrected chi connectivity index (χ3v) is 5.53. The van der Waals surface area contributed by atoms with Gasteiger partial charge < -0.3 is 4.74 Å². The van der Waals surface area contributed by atoms with Crippen molar-refractivity contribution in [2.45, 2.75) is 30.2 Å². The quantitative estimate of drug-likeness (QED) is 0.286. The monoisotopic (exact) mass is 447 g/mol. The number of hydrazone groups is 1. The second-order valence-electron chi connectivity index (χ2n) is 6.96. The van der Waals surface area contributed by atoms with E-state index in [1.54, 1.807) is 25.3 Å². The first-order valence-electron chi connectivity index (χ1n) is 9.63. The van der Waals surface area contributed by atoms with Gasteiger partial charge in [-0.05, 0) is 38.1 Å². The average Bonchev–Trinajstić information content (AvgIpc) is 2.76. The van der Waals surface area contributed by atoms with Gasteiger partial charge in [-0.15, -0.1) is 0 Å². The molecular weight excluding hydrogens is 426 g/mol. The van der Waals surface area contributed by atoms with Crippen molar-refractivity contribution in [3.05, 3.63) is 86.6 Å². The number of nitro groups is 1. The molecule has 1 heterocycles. The highest BCUT2D eigenvalue weighted by molar-refractivity contribution is 7.99. The van der Waals surface area contributed by atoms with E-state index in [4.69, 9.17) is 4.74 Å². The standard InChI is InChI=1S/C23H21N5O3S/c1-15-4-7-19(8-5-15)32-22-9-6-17(11-21(22)28(29)30)13-25-27-23-20(12-24)18(14-31-3)10-16(2)26-23/h4-11,13H,14H2,1-3H3,(H,26,27). The predicted octanol–water partition coefficient (Wildman–Crippen LogP) is 5.22. The van der Waals surface area contributed by atoms with E-state index in [2.05, 4.69) is 21.6 Å². The third kappa shape index (κ3) is 5.69. The van der Waals surface area contributed by atoms with Crippen molar-refractivity contribution in [2.75, 3.05) is 12.5 Å². The van der Waals surface area contributed by atoms with E-state index in [0.717, 1.165) is 10.5 Å². The molecule has 162 valence electrons. The van der Waals surface area contributed by atoms with E-state index in [-0.39, 0.29) is 12.3 Å². The number of nitriles is 1. The number of methoxy groups -OCH3 is 1. The van der Waals surface area contributed by atoms with Crippen LogP contribution in [0.4, 0.5) is 11.5 Å². The number of anilines is 1. The Kier molecular flexibility index (Phi) is 7.54. The molecule has 32 heavy (non-hydrogen) atoms. The van der Waals surface area contributed by atoms with Crippen LogP contribution in [0.1, 0.15) is 27.9 Å². The molecule has 0 saturated heterocycles. The molecule has 0 aliphatic heterocycles. The van der Waals surface area contributed by atoms with Crippen molar-refractivity contribution < 1.29 is 9.66 Å². The molecule has 0 atom stereocenters. The van der Waals surface area contributed by atoms with Gasteiger partial charge in [-0.2, -0.15) is 10.4 Å². The van der Waals surface area contributed by atoms with Crippen molar-refractivity contribution in [3.8, 4) is 6.07 Å². The molecule has 8 nitrogen and oxygen atoms in total. The summed E-state index contributed by atoms with van der Waals surface area (Å²) in [6.45, 7) is 4.07. The zero-order chi connectivity index (χ0) is 23.1. The molecule has 0 unspecified atom stereocenters. The fraction of sp³-hybridized carbons (Fsp3) is 0.174. The van der Waals surface area contributed by atoms with Gasteiger partial charge in [0.15, 0.2) is 5.82 Å². The molecule has 3 aromatic rings. The number of hydrogen-bond acceptors (Lipinski definition) is 8. The molecule has 0 saturated carbocycles. The van der Waals surface area contributed by atoms with Gasteiger partial charge in [0, 0.05) is 34.9 Å². The normalized spacial score (nSPS) is 10.8. The molecule has 3 rings (SSSR count). The van der Waals surface area contributed by atoms with Crippen LogP contribution in [-0.2, 0) is 11.3 Å². The fourth-order valence-corrected chi connectivity index (χ4v) is 3.86. The van der Waals surface area contributed by atoms with Gasteiger partial charge in [0.2, 0.25) is 0 Å². The lowest BCUT2D eigenvalue weighted by molar-refractivity contribution is -0.387. The number of pyridine rings is 1. The van der Waals surface area contributed by atoms with E-state index >= 15 is 0 Å². The maximum atomic E-state index is 11.6. The number of hydrogen-bond donors (Lipinski definition) is 1. The van der Waals surface area contributed by atoms with E-state index < -0.39 is 4.92 Å². The lowest BCUT2D eigenvalue weighted by atomic mass is 10.1. The second kappa shape index (κ2) is 10.5. The van der Waals surface area contributed by atoms with Crippen LogP contribution in [0.5, 0.6) is 0 Å². The Morgan fingerprint density at radius 1 is 1.25 bits per heavy atom. The highest BCUT2D eigenvalue weighted by Gasteiger charge is 2.16. The minimum absolute atomic E-state index is 0.00620. The maximum Gasteiger partial charge on any atom is 0.283 e. The number of benzene rings is 2. The highest BCUT2D eigenvalue weighted by atomic mass is 32.2. The lowest BCUT2D eigenvalue weighted by Gasteiger charge is -2.09. The summed E-state index contributed by atoms with van der Waals surface area (Å²) in [6.07, 6.45) is 1.45. The Labute approximate surface area is 190 Å². The van der Waals surface area contributed by atoms with Crippen LogP contribution in [0, 0.1) is 35.3 Å². The second-order valence-corrected chi connectivity index (χ2v) is 8.08. The van der Waals surface area contributed by atoms with Gasteiger partial charge in [0.1, 0.15) is 11.6 Å². The number of aromatic nitrogens is 1. The predicted molar refractivity (Wildman–Crippen MR) is 124 cm³/mol. The number of aryl methyl sites for hydroxylation is 2. The van der Waals surface area contributed by atoms with Crippen LogP contribution in [0.3, 0.4) is 0 Å². The van der Waals surface area contributed by atoms with Crippen molar-refractivity contribution in [1.82, 2.24) is 4.98 Å². The number of nitrogens with one attached hydrogen (secondary N) is 1. The van der Waals surface area contributed by atoms with Crippen LogP contribution in [0.2, 0.25) is 0 Å². The Bertz CT molecular complexity index is 1200. The minimum Gasteiger partial charge on any atom is -0.380 e. The molecule has 0 aliphatic carbocycles. The lowest BCUT2D eigenvalue weighted by Crippen LogP contribution is -2.03. The summed E-state index contributed by atoms with van der Waals surface area (Å²) in [5.74, 6) is 0.303. The van der Waals surface area contributed by atoms with Gasteiger partial charge in [0.05, 0.1) is 22.6 Å². The maximum absolute atomic E-state index is 11.6. The first-order chi connectivity index (χ1) is 15.4. The molecule has 0 radical (unpaired) electrons. The number of nitro benzene ring substituents is 1. The topological polar surface area (TPSA) is 113 Å². The largest absolute Gasteiger partial charge is 0.380 e. The molecule has 0 amide bonds. The van der Waals surface area contributed by atoms with Crippen molar-refractivity contribution in [1.29, 1.82) is 5.26 Å². The first-order valence-corrected chi connectivity index (χ1v) is 10.4. The van der Waals surface area contributed by atoms with E-state index in [0.29, 0.717) is 33.1 Å². The Balaban J connectivity index is 1.82. The van der Waals surface area contributed by atoms with Crippen molar-refractivity contribution >= 4 is 29.5 Å². The van der Waals surface area contributed by atoms with Gasteiger partial charge in [-0.25, -0.2) is 4.98 Å². The number of ether oxygens (including phenoxy) is 1. The van der Waals surface area contributed by atoms with E-state index in [1.807, 2.05) is 38.1 Å². The Hall–Kier alpha value is -3.74. The summed E-state index contributed by atoms with van der Waals surface area (Å²) in [7, 11) is 1.55. The summed E-state index contributed by atoms with van der Waals surface area (Å²) in [5, 5.41) is 25.2. The summed E-state index contributed by atoms with van der Waals surface area (Å²) in [5.41, 5.74) is 6.18. The van der Waals surface area contributed by atoms with Gasteiger partial charge in [-0.3, -0.25) is 15.5 Å². The molecule has 2 aromatic carbocycles. The average molecular weight is 448 g/mol. The molecular formula is C23H21N5O3S. The summed E-state index contributed by atoms with van der Waals surface area (Å²) in [4.78, 5) is 17.0. The van der Waals surface area contributed by atoms with Crippen LogP contribution in [-0.4, -0.2) is 23.2 Å². The SMILES string of the molecule is COCc1cc(C)nc(NN=Cc2ccc(Sc3ccc(C)cc3)c([N+](=O)[O-])c2)c1C#N. The number of rotatable bonds is 8. The molecule has 0 spiro atoms. The van der Waals surface area contributed by atoms with E-state index in [1.165, 1.54) is 24.0 Å². The molecule has 0 fully saturated rings. The smallest absolute Gasteiger partial charge is 0.283 e. The number of nitrogens with zero attached hydrogens (tertiary/aromatic N) is 4. The van der Waals surface area contributed by atoms with Gasteiger partial charge in [-0.1, -0.05) is 35.5 Å². The summed E-state index contributed by atoms with van der Waals surface area (Å²) in [6, 6.07) is 16.6. The summed E-state index contributed by atoms with van der Waals surface area (Å²) < 4.78 is 5.14. The fourth-order valence-electron chi connectivity index (χ4n) is 2.96. The Morgan fingerprint density at radius 3 is 2.66 bits per heavy atom. The molecule has 1 aromatic heterocycles. The van der Waals surface area contributed by atoms with Crippen molar-refractivity contribution in [3.63, 3.8) is 0 Å². The highest BCUT2D eigenvalue weighted by Crippen LogP contribution is 2.35. The Morgan fingerprint density at radius 2 is 2.00 bits per heavy atom. The van der Waals surface area contributed by atoms with Gasteiger partial charge >= 0.3 is 0 Å². The molecule has 0 bridgehead atoms. The minimum atomic E-state index is -0.409. The zero-order valence-corrected chi connectivity index (χ0v) is 18.6. The summed E-state index contributed by atoms with van der Waals surface area (Å²) >= 11 is 1.33. The first kappa shape index (κ1) is 22.9. The van der Waals surface area contributed by atoms with Crippen LogP contribution < -0.4 is 5.43 Å². The van der Waals surface area contributed by atoms with E-state index in [9.17, 15) is 15.4 Å². The van der Waals surface area contributed by atoms with Crippen molar-refractivity contribution in [2.24, 2.45) is 5.10 Å². The van der Waals surface area contributed by atoms with Crippen LogP contribution in [0.15, 0.2) is 63.4 Å². The molecule has 9 heteroatoms. The third-order valence-electron chi connectivity index (χ3n) is 4.45.